The van der Waals surface area contributed by atoms with E-state index in [1.54, 1.807) is 11.8 Å². The molecule has 0 bridgehead atoms. The maximum atomic E-state index is 10.3. The Morgan fingerprint density at radius 2 is 2.08 bits per heavy atom. The second-order valence-electron chi connectivity index (χ2n) is 3.16. The van der Waals surface area contributed by atoms with E-state index >= 15 is 0 Å². The van der Waals surface area contributed by atoms with E-state index in [4.69, 9.17) is 15.9 Å². The molecule has 2 atom stereocenters. The summed E-state index contributed by atoms with van der Waals surface area (Å²) in [5.74, 6) is -0.467. The van der Waals surface area contributed by atoms with Crippen molar-refractivity contribution in [1.29, 1.82) is 0 Å². The molecule has 0 amide bonds. The summed E-state index contributed by atoms with van der Waals surface area (Å²) in [7, 11) is 0. The van der Waals surface area contributed by atoms with Crippen molar-refractivity contribution in [3.8, 4) is 0 Å². The van der Waals surface area contributed by atoms with Crippen LogP contribution in [0.4, 0.5) is 0 Å². The molecule has 2 unspecified atom stereocenters. The van der Waals surface area contributed by atoms with Crippen molar-refractivity contribution in [3.63, 3.8) is 0 Å². The first-order chi connectivity index (χ1) is 5.95. The molecule has 0 heterocycles. The number of rotatable bonds is 6. The van der Waals surface area contributed by atoms with E-state index in [9.17, 15) is 4.79 Å². The Hall–Kier alpha value is -0.260. The van der Waals surface area contributed by atoms with Gasteiger partial charge in [-0.1, -0.05) is 13.8 Å². The van der Waals surface area contributed by atoms with Gasteiger partial charge in [0.2, 0.25) is 0 Å². The molecule has 0 aromatic heterocycles. The molecule has 0 saturated heterocycles. The highest BCUT2D eigenvalue weighted by Gasteiger charge is 2.21. The van der Waals surface area contributed by atoms with Gasteiger partial charge in [-0.2, -0.15) is 11.8 Å². The molecule has 13 heavy (non-hydrogen) atoms. The summed E-state index contributed by atoms with van der Waals surface area (Å²) in [5.41, 5.74) is 5.46. The third-order valence-electron chi connectivity index (χ3n) is 1.56. The number of carboxylic acids is 1. The summed E-state index contributed by atoms with van der Waals surface area (Å²) >= 11 is 1.70. The molecule has 4 nitrogen and oxygen atoms in total. The van der Waals surface area contributed by atoms with Crippen molar-refractivity contribution in [3.05, 3.63) is 0 Å². The van der Waals surface area contributed by atoms with Crippen LogP contribution in [0.2, 0.25) is 0 Å². The van der Waals surface area contributed by atoms with Gasteiger partial charge in [-0.3, -0.25) is 0 Å². The predicted octanol–water partition coefficient (Wildman–Crippen LogP) is 0.291. The van der Waals surface area contributed by atoms with Crippen LogP contribution in [0.1, 0.15) is 20.3 Å². The molecule has 0 aliphatic heterocycles. The molecule has 0 aromatic rings. The number of carbonyl (C=O) groups is 1. The van der Waals surface area contributed by atoms with E-state index in [0.29, 0.717) is 11.7 Å². The Morgan fingerprint density at radius 3 is 2.46 bits per heavy atom. The smallest absolute Gasteiger partial charge is 0.334 e. The molecular formula is C8H17NO3S. The zero-order chi connectivity index (χ0) is 10.4. The van der Waals surface area contributed by atoms with Crippen LogP contribution in [-0.4, -0.2) is 39.3 Å². The third kappa shape index (κ3) is 5.90. The summed E-state index contributed by atoms with van der Waals surface area (Å²) in [6.07, 6.45) is -0.913. The number of thioether (sulfide) groups is 1. The highest BCUT2D eigenvalue weighted by molar-refractivity contribution is 7.99. The van der Waals surface area contributed by atoms with Gasteiger partial charge in [0.1, 0.15) is 0 Å². The lowest BCUT2D eigenvalue weighted by atomic mass is 10.1. The largest absolute Gasteiger partial charge is 0.479 e. The lowest BCUT2D eigenvalue weighted by molar-refractivity contribution is -0.147. The van der Waals surface area contributed by atoms with E-state index in [1.165, 1.54) is 0 Å². The number of hydrogen-bond acceptors (Lipinski definition) is 4. The topological polar surface area (TPSA) is 83.5 Å². The molecular weight excluding hydrogens is 190 g/mol. The second-order valence-corrected chi connectivity index (χ2v) is 4.84. The fraction of sp³-hybridized carbons (Fsp3) is 0.875. The number of aliphatic carboxylic acids is 1. The second kappa shape index (κ2) is 6.23. The Labute approximate surface area is 82.5 Å². The first-order valence-electron chi connectivity index (χ1n) is 4.23. The SMILES string of the molecule is CC(C)SCCC(N)C(O)C(=O)O. The average molecular weight is 207 g/mol. The van der Waals surface area contributed by atoms with E-state index in [0.717, 1.165) is 5.75 Å². The zero-order valence-corrected chi connectivity index (χ0v) is 8.75. The third-order valence-corrected chi connectivity index (χ3v) is 2.70. The minimum absolute atomic E-state index is 0.508. The number of nitrogens with two attached hydrogens (primary N) is 1. The van der Waals surface area contributed by atoms with Gasteiger partial charge in [0.25, 0.3) is 0 Å². The van der Waals surface area contributed by atoms with Gasteiger partial charge in [0.15, 0.2) is 6.10 Å². The Bertz CT molecular complexity index is 163. The van der Waals surface area contributed by atoms with Gasteiger partial charge >= 0.3 is 5.97 Å². The number of aliphatic hydroxyl groups is 1. The summed E-state index contributed by atoms with van der Waals surface area (Å²) < 4.78 is 0. The minimum Gasteiger partial charge on any atom is -0.479 e. The van der Waals surface area contributed by atoms with Crippen LogP contribution >= 0.6 is 11.8 Å². The Kier molecular flexibility index (Phi) is 6.11. The average Bonchev–Trinajstić information content (AvgIpc) is 2.02. The Morgan fingerprint density at radius 1 is 1.54 bits per heavy atom. The molecule has 5 heteroatoms. The van der Waals surface area contributed by atoms with E-state index in [1.807, 2.05) is 0 Å². The summed E-state index contributed by atoms with van der Waals surface area (Å²) in [6, 6.07) is -0.663. The van der Waals surface area contributed by atoms with Gasteiger partial charge in [-0.05, 0) is 17.4 Å². The molecule has 0 aliphatic carbocycles. The van der Waals surface area contributed by atoms with Crippen molar-refractivity contribution in [2.75, 3.05) is 5.75 Å². The maximum Gasteiger partial charge on any atom is 0.334 e. The van der Waals surface area contributed by atoms with Crippen LogP contribution in [0.5, 0.6) is 0 Å². The van der Waals surface area contributed by atoms with Crippen molar-refractivity contribution in [2.24, 2.45) is 5.73 Å². The highest BCUT2D eigenvalue weighted by Crippen LogP contribution is 2.12. The number of aliphatic hydroxyl groups excluding tert-OH is 1. The molecule has 0 spiro atoms. The maximum absolute atomic E-state index is 10.3. The van der Waals surface area contributed by atoms with Gasteiger partial charge in [-0.15, -0.1) is 0 Å². The zero-order valence-electron chi connectivity index (χ0n) is 7.93. The van der Waals surface area contributed by atoms with Gasteiger partial charge < -0.3 is 15.9 Å². The molecule has 0 saturated carbocycles. The first kappa shape index (κ1) is 12.7. The number of hydrogen-bond donors (Lipinski definition) is 3. The molecule has 0 fully saturated rings. The molecule has 0 aromatic carbocycles. The van der Waals surface area contributed by atoms with Crippen molar-refractivity contribution < 1.29 is 15.0 Å². The normalized spacial score (nSPS) is 15.8. The standard InChI is InChI=1S/C8H17NO3S/c1-5(2)13-4-3-6(9)7(10)8(11)12/h5-7,10H,3-4,9H2,1-2H3,(H,11,12). The molecule has 0 rings (SSSR count). The molecule has 0 radical (unpaired) electrons. The van der Waals surface area contributed by atoms with Crippen LogP contribution in [0, 0.1) is 0 Å². The predicted molar refractivity (Wildman–Crippen MR) is 53.8 cm³/mol. The minimum atomic E-state index is -1.44. The fourth-order valence-corrected chi connectivity index (χ4v) is 1.66. The van der Waals surface area contributed by atoms with Crippen molar-refractivity contribution in [2.45, 2.75) is 37.7 Å². The summed E-state index contributed by atoms with van der Waals surface area (Å²) in [4.78, 5) is 10.3. The quantitative estimate of drug-likeness (QED) is 0.583. The lowest BCUT2D eigenvalue weighted by Crippen LogP contribution is -2.40. The molecule has 4 N–H and O–H groups in total. The van der Waals surface area contributed by atoms with Crippen LogP contribution in [0.25, 0.3) is 0 Å². The fourth-order valence-electron chi connectivity index (χ4n) is 0.781. The monoisotopic (exact) mass is 207 g/mol. The van der Waals surface area contributed by atoms with E-state index in [2.05, 4.69) is 13.8 Å². The summed E-state index contributed by atoms with van der Waals surface area (Å²) in [6.45, 7) is 4.12. The van der Waals surface area contributed by atoms with Crippen molar-refractivity contribution >= 4 is 17.7 Å². The number of carboxylic acid groups (broad SMARTS) is 1. The van der Waals surface area contributed by atoms with Crippen LogP contribution in [-0.2, 0) is 4.79 Å². The molecule has 0 aliphatic rings. The van der Waals surface area contributed by atoms with Crippen molar-refractivity contribution in [1.82, 2.24) is 0 Å². The highest BCUT2D eigenvalue weighted by atomic mass is 32.2. The van der Waals surface area contributed by atoms with Crippen LogP contribution < -0.4 is 5.73 Å². The van der Waals surface area contributed by atoms with E-state index < -0.39 is 18.1 Å². The first-order valence-corrected chi connectivity index (χ1v) is 5.28. The van der Waals surface area contributed by atoms with Crippen LogP contribution in [0.3, 0.4) is 0 Å². The summed E-state index contributed by atoms with van der Waals surface area (Å²) in [5, 5.41) is 18.0. The van der Waals surface area contributed by atoms with Gasteiger partial charge in [0, 0.05) is 6.04 Å². The van der Waals surface area contributed by atoms with Gasteiger partial charge in [0.05, 0.1) is 0 Å². The van der Waals surface area contributed by atoms with Gasteiger partial charge in [-0.25, -0.2) is 4.79 Å². The van der Waals surface area contributed by atoms with Crippen LogP contribution in [0.15, 0.2) is 0 Å². The lowest BCUT2D eigenvalue weighted by Gasteiger charge is -2.14. The molecule has 78 valence electrons. The van der Waals surface area contributed by atoms with E-state index in [-0.39, 0.29) is 0 Å². The Balaban J connectivity index is 3.61.